The standard InChI is InChI=1S/C11H14ClNO2/c1-3-13-8(2)4-5-9(11(13)15)6-7-10(12)14/h4-5H,3,6-7H2,1-2H3. The van der Waals surface area contributed by atoms with Crippen LogP contribution in [0.25, 0.3) is 0 Å². The number of nitrogens with zero attached hydrogens (tertiary/aromatic N) is 1. The molecule has 0 aromatic carbocycles. The van der Waals surface area contributed by atoms with Crippen molar-refractivity contribution in [1.82, 2.24) is 4.57 Å². The van der Waals surface area contributed by atoms with Crippen molar-refractivity contribution >= 4 is 16.8 Å². The monoisotopic (exact) mass is 227 g/mol. The summed E-state index contributed by atoms with van der Waals surface area (Å²) in [7, 11) is 0. The maximum Gasteiger partial charge on any atom is 0.253 e. The second-order valence-corrected chi connectivity index (χ2v) is 3.83. The van der Waals surface area contributed by atoms with Gasteiger partial charge in [0.2, 0.25) is 5.24 Å². The number of halogens is 1. The third kappa shape index (κ3) is 2.93. The summed E-state index contributed by atoms with van der Waals surface area (Å²) >= 11 is 5.24. The molecule has 15 heavy (non-hydrogen) atoms. The maximum absolute atomic E-state index is 11.8. The molecular weight excluding hydrogens is 214 g/mol. The van der Waals surface area contributed by atoms with Crippen LogP contribution in [0.1, 0.15) is 24.6 Å². The van der Waals surface area contributed by atoms with Gasteiger partial charge in [0.15, 0.2) is 0 Å². The van der Waals surface area contributed by atoms with E-state index >= 15 is 0 Å². The number of carbonyl (C=O) groups excluding carboxylic acids is 1. The summed E-state index contributed by atoms with van der Waals surface area (Å²) in [6, 6.07) is 3.66. The lowest BCUT2D eigenvalue weighted by molar-refractivity contribution is -0.111. The first-order valence-electron chi connectivity index (χ1n) is 4.94. The van der Waals surface area contributed by atoms with Crippen LogP contribution in [0.2, 0.25) is 0 Å². The van der Waals surface area contributed by atoms with Gasteiger partial charge in [-0.05, 0) is 37.9 Å². The van der Waals surface area contributed by atoms with Gasteiger partial charge in [-0.15, -0.1) is 0 Å². The molecule has 0 saturated heterocycles. The molecule has 1 aromatic heterocycles. The molecule has 0 atom stereocenters. The molecule has 1 heterocycles. The summed E-state index contributed by atoms with van der Waals surface area (Å²) in [5.74, 6) is 0. The van der Waals surface area contributed by atoms with Crippen LogP contribution >= 0.6 is 11.6 Å². The number of hydrogen-bond donors (Lipinski definition) is 0. The van der Waals surface area contributed by atoms with Gasteiger partial charge >= 0.3 is 0 Å². The molecule has 0 amide bonds. The van der Waals surface area contributed by atoms with E-state index in [1.165, 1.54) is 0 Å². The Morgan fingerprint density at radius 3 is 2.67 bits per heavy atom. The Morgan fingerprint density at radius 2 is 2.13 bits per heavy atom. The highest BCUT2D eigenvalue weighted by atomic mass is 35.5. The topological polar surface area (TPSA) is 39.1 Å². The number of aryl methyl sites for hydroxylation is 2. The molecule has 0 radical (unpaired) electrons. The second-order valence-electron chi connectivity index (χ2n) is 3.40. The zero-order valence-corrected chi connectivity index (χ0v) is 9.67. The van der Waals surface area contributed by atoms with Crippen molar-refractivity contribution in [2.75, 3.05) is 0 Å². The second kappa shape index (κ2) is 5.12. The summed E-state index contributed by atoms with van der Waals surface area (Å²) in [6.07, 6.45) is 0.630. The zero-order chi connectivity index (χ0) is 11.4. The molecule has 0 unspecified atom stereocenters. The zero-order valence-electron chi connectivity index (χ0n) is 8.92. The molecule has 1 aromatic rings. The van der Waals surface area contributed by atoms with Gasteiger partial charge in [0.25, 0.3) is 5.56 Å². The van der Waals surface area contributed by atoms with Gasteiger partial charge in [0, 0.05) is 24.2 Å². The van der Waals surface area contributed by atoms with E-state index in [9.17, 15) is 9.59 Å². The average molecular weight is 228 g/mol. The van der Waals surface area contributed by atoms with Crippen LogP contribution in [0.15, 0.2) is 16.9 Å². The fourth-order valence-corrected chi connectivity index (χ4v) is 1.63. The van der Waals surface area contributed by atoms with Crippen molar-refractivity contribution in [2.45, 2.75) is 33.2 Å². The minimum Gasteiger partial charge on any atom is -0.313 e. The van der Waals surface area contributed by atoms with Crippen LogP contribution in [0.4, 0.5) is 0 Å². The Hall–Kier alpha value is -1.09. The third-order valence-electron chi connectivity index (χ3n) is 2.38. The Balaban J connectivity index is 3.00. The van der Waals surface area contributed by atoms with Crippen molar-refractivity contribution in [3.05, 3.63) is 33.7 Å². The Morgan fingerprint density at radius 1 is 1.47 bits per heavy atom. The van der Waals surface area contributed by atoms with Crippen LogP contribution in [0, 0.1) is 6.92 Å². The molecule has 0 aliphatic carbocycles. The number of hydrogen-bond acceptors (Lipinski definition) is 2. The average Bonchev–Trinajstić information content (AvgIpc) is 2.17. The van der Waals surface area contributed by atoms with Gasteiger partial charge < -0.3 is 4.57 Å². The fourth-order valence-electron chi connectivity index (χ4n) is 1.53. The number of carbonyl (C=O) groups is 1. The smallest absolute Gasteiger partial charge is 0.253 e. The van der Waals surface area contributed by atoms with Gasteiger partial charge in [-0.3, -0.25) is 9.59 Å². The molecule has 0 aliphatic rings. The number of rotatable bonds is 4. The predicted molar refractivity (Wildman–Crippen MR) is 60.3 cm³/mol. The van der Waals surface area contributed by atoms with Crippen LogP contribution < -0.4 is 5.56 Å². The molecule has 0 fully saturated rings. The Labute approximate surface area is 93.7 Å². The van der Waals surface area contributed by atoms with Crippen molar-refractivity contribution < 1.29 is 4.79 Å². The summed E-state index contributed by atoms with van der Waals surface area (Å²) in [4.78, 5) is 22.4. The molecule has 3 nitrogen and oxygen atoms in total. The van der Waals surface area contributed by atoms with Gasteiger partial charge in [-0.1, -0.05) is 6.07 Å². The van der Waals surface area contributed by atoms with E-state index < -0.39 is 5.24 Å². The highest BCUT2D eigenvalue weighted by molar-refractivity contribution is 6.63. The first-order valence-corrected chi connectivity index (χ1v) is 5.31. The van der Waals surface area contributed by atoms with Gasteiger partial charge in [0.1, 0.15) is 0 Å². The van der Waals surface area contributed by atoms with Gasteiger partial charge in [0.05, 0.1) is 0 Å². The minimum absolute atomic E-state index is 0.0181. The summed E-state index contributed by atoms with van der Waals surface area (Å²) < 4.78 is 1.69. The van der Waals surface area contributed by atoms with E-state index in [0.29, 0.717) is 18.5 Å². The van der Waals surface area contributed by atoms with Crippen LogP contribution in [0.5, 0.6) is 0 Å². The summed E-state index contributed by atoms with van der Waals surface area (Å²) in [5, 5.41) is -0.405. The lowest BCUT2D eigenvalue weighted by Gasteiger charge is -2.08. The molecule has 1 rings (SSSR count). The molecular formula is C11H14ClNO2. The van der Waals surface area contributed by atoms with E-state index in [0.717, 1.165) is 5.69 Å². The molecule has 4 heteroatoms. The fraction of sp³-hybridized carbons (Fsp3) is 0.455. The van der Waals surface area contributed by atoms with Crippen LogP contribution in [0.3, 0.4) is 0 Å². The molecule has 82 valence electrons. The first kappa shape index (κ1) is 12.0. The minimum atomic E-state index is -0.405. The van der Waals surface area contributed by atoms with Crippen molar-refractivity contribution in [3.63, 3.8) is 0 Å². The normalized spacial score (nSPS) is 10.3. The highest BCUT2D eigenvalue weighted by Gasteiger charge is 2.06. The van der Waals surface area contributed by atoms with Crippen LogP contribution in [-0.4, -0.2) is 9.81 Å². The number of aromatic nitrogens is 1. The van der Waals surface area contributed by atoms with E-state index in [2.05, 4.69) is 0 Å². The molecule has 0 bridgehead atoms. The molecule has 0 saturated carbocycles. The highest BCUT2D eigenvalue weighted by Crippen LogP contribution is 2.02. The first-order chi connectivity index (χ1) is 7.06. The van der Waals surface area contributed by atoms with E-state index in [1.54, 1.807) is 10.6 Å². The van der Waals surface area contributed by atoms with Gasteiger partial charge in [-0.2, -0.15) is 0 Å². The maximum atomic E-state index is 11.8. The van der Waals surface area contributed by atoms with E-state index in [4.69, 9.17) is 11.6 Å². The SMILES string of the molecule is CCn1c(C)ccc(CCC(=O)Cl)c1=O. The van der Waals surface area contributed by atoms with Crippen molar-refractivity contribution in [3.8, 4) is 0 Å². The van der Waals surface area contributed by atoms with Gasteiger partial charge in [-0.25, -0.2) is 0 Å². The quantitative estimate of drug-likeness (QED) is 0.737. The van der Waals surface area contributed by atoms with Crippen molar-refractivity contribution in [1.29, 1.82) is 0 Å². The molecule has 0 aliphatic heterocycles. The van der Waals surface area contributed by atoms with E-state index in [1.807, 2.05) is 19.9 Å². The van der Waals surface area contributed by atoms with Crippen molar-refractivity contribution in [2.24, 2.45) is 0 Å². The summed E-state index contributed by atoms with van der Waals surface area (Å²) in [6.45, 7) is 4.46. The Kier molecular flexibility index (Phi) is 4.09. The summed E-state index contributed by atoms with van der Waals surface area (Å²) in [5.41, 5.74) is 1.57. The lowest BCUT2D eigenvalue weighted by atomic mass is 10.1. The predicted octanol–water partition coefficient (Wildman–Crippen LogP) is 1.87. The third-order valence-corrected chi connectivity index (χ3v) is 2.57. The van der Waals surface area contributed by atoms with E-state index in [-0.39, 0.29) is 12.0 Å². The largest absolute Gasteiger partial charge is 0.313 e. The Bertz CT molecular complexity index is 423. The van der Waals surface area contributed by atoms with Crippen LogP contribution in [-0.2, 0) is 17.8 Å². The molecule has 0 spiro atoms. The lowest BCUT2D eigenvalue weighted by Crippen LogP contribution is -2.24. The number of pyridine rings is 1. The molecule has 0 N–H and O–H groups in total.